The Morgan fingerprint density at radius 2 is 2.31 bits per heavy atom. The molecule has 0 saturated heterocycles. The van der Waals surface area contributed by atoms with E-state index in [1.807, 2.05) is 12.1 Å². The maximum absolute atomic E-state index is 5.46. The van der Waals surface area contributed by atoms with Gasteiger partial charge >= 0.3 is 0 Å². The van der Waals surface area contributed by atoms with Gasteiger partial charge in [0.1, 0.15) is 5.82 Å². The number of aromatic nitrogens is 2. The number of nitrogens with two attached hydrogens (primary N) is 1. The molecule has 2 rings (SSSR count). The lowest BCUT2D eigenvalue weighted by molar-refractivity contribution is 0.900. The number of hydrogen-bond acceptors (Lipinski definition) is 2. The number of aryl methyl sites for hydroxylation is 1. The van der Waals surface area contributed by atoms with Gasteiger partial charge in [0.15, 0.2) is 0 Å². The molecular weight excluding hydrogens is 162 g/mol. The summed E-state index contributed by atoms with van der Waals surface area (Å²) in [4.78, 5) is 7.70. The van der Waals surface area contributed by atoms with Crippen LogP contribution in [-0.2, 0) is 6.42 Å². The average Bonchev–Trinajstić information content (AvgIpc) is 2.49. The SMILES string of the molecule is Cc1cccc2nc(CCN)[nH]c12. The van der Waals surface area contributed by atoms with Crippen LogP contribution in [0.15, 0.2) is 18.2 Å². The summed E-state index contributed by atoms with van der Waals surface area (Å²) in [5.74, 6) is 0.979. The molecule has 1 aromatic carbocycles. The highest BCUT2D eigenvalue weighted by atomic mass is 14.9. The van der Waals surface area contributed by atoms with E-state index in [9.17, 15) is 0 Å². The molecule has 0 saturated carbocycles. The highest BCUT2D eigenvalue weighted by Gasteiger charge is 2.02. The molecule has 3 heteroatoms. The molecule has 2 aromatic rings. The molecule has 0 radical (unpaired) electrons. The monoisotopic (exact) mass is 175 g/mol. The highest BCUT2D eigenvalue weighted by Crippen LogP contribution is 2.15. The van der Waals surface area contributed by atoms with E-state index >= 15 is 0 Å². The zero-order valence-corrected chi connectivity index (χ0v) is 7.67. The van der Waals surface area contributed by atoms with Crippen LogP contribution in [0, 0.1) is 6.92 Å². The van der Waals surface area contributed by atoms with Crippen molar-refractivity contribution >= 4 is 11.0 Å². The zero-order valence-electron chi connectivity index (χ0n) is 7.67. The van der Waals surface area contributed by atoms with Gasteiger partial charge in [0.2, 0.25) is 0 Å². The van der Waals surface area contributed by atoms with Crippen LogP contribution >= 0.6 is 0 Å². The second-order valence-electron chi connectivity index (χ2n) is 3.19. The summed E-state index contributed by atoms with van der Waals surface area (Å²) in [6.45, 7) is 2.71. The number of aromatic amines is 1. The molecule has 0 aliphatic carbocycles. The normalized spacial score (nSPS) is 10.9. The van der Waals surface area contributed by atoms with Crippen LogP contribution in [0.4, 0.5) is 0 Å². The Balaban J connectivity index is 2.55. The lowest BCUT2D eigenvalue weighted by Crippen LogP contribution is -2.03. The molecule has 0 aliphatic heterocycles. The Morgan fingerprint density at radius 1 is 1.46 bits per heavy atom. The van der Waals surface area contributed by atoms with Gasteiger partial charge in [-0.25, -0.2) is 4.98 Å². The van der Waals surface area contributed by atoms with E-state index in [2.05, 4.69) is 23.0 Å². The molecule has 1 aromatic heterocycles. The summed E-state index contributed by atoms with van der Waals surface area (Å²) in [5, 5.41) is 0. The second-order valence-corrected chi connectivity index (χ2v) is 3.19. The third kappa shape index (κ3) is 1.42. The number of H-pyrrole nitrogens is 1. The Labute approximate surface area is 77.0 Å². The fourth-order valence-electron chi connectivity index (χ4n) is 1.48. The average molecular weight is 175 g/mol. The highest BCUT2D eigenvalue weighted by molar-refractivity contribution is 5.78. The molecule has 68 valence electrons. The molecule has 0 aliphatic rings. The first-order chi connectivity index (χ1) is 6.31. The predicted molar refractivity (Wildman–Crippen MR) is 53.6 cm³/mol. The maximum atomic E-state index is 5.46. The lowest BCUT2D eigenvalue weighted by Gasteiger charge is -1.91. The first-order valence-electron chi connectivity index (χ1n) is 4.45. The Hall–Kier alpha value is -1.35. The van der Waals surface area contributed by atoms with E-state index in [1.165, 1.54) is 5.56 Å². The van der Waals surface area contributed by atoms with Gasteiger partial charge in [-0.05, 0) is 25.1 Å². The minimum absolute atomic E-state index is 0.638. The second kappa shape index (κ2) is 3.18. The van der Waals surface area contributed by atoms with Gasteiger partial charge in [0, 0.05) is 6.42 Å². The van der Waals surface area contributed by atoms with Gasteiger partial charge in [-0.15, -0.1) is 0 Å². The van der Waals surface area contributed by atoms with Crippen LogP contribution in [0.3, 0.4) is 0 Å². The summed E-state index contributed by atoms with van der Waals surface area (Å²) >= 11 is 0. The molecule has 1 heterocycles. The van der Waals surface area contributed by atoms with Crippen LogP contribution in [0.1, 0.15) is 11.4 Å². The molecule has 0 atom stereocenters. The number of rotatable bonds is 2. The quantitative estimate of drug-likeness (QED) is 0.724. The first kappa shape index (κ1) is 8.26. The molecule has 0 spiro atoms. The van der Waals surface area contributed by atoms with E-state index in [-0.39, 0.29) is 0 Å². The standard InChI is InChI=1S/C10H13N3/c1-7-3-2-4-8-10(7)13-9(12-8)5-6-11/h2-4H,5-6,11H2,1H3,(H,12,13). The molecular formula is C10H13N3. The summed E-state index contributed by atoms with van der Waals surface area (Å²) in [7, 11) is 0. The number of fused-ring (bicyclic) bond motifs is 1. The Morgan fingerprint density at radius 3 is 3.00 bits per heavy atom. The van der Waals surface area contributed by atoms with E-state index in [1.54, 1.807) is 0 Å². The molecule has 3 nitrogen and oxygen atoms in total. The van der Waals surface area contributed by atoms with E-state index in [0.717, 1.165) is 23.3 Å². The van der Waals surface area contributed by atoms with Crippen molar-refractivity contribution < 1.29 is 0 Å². The maximum Gasteiger partial charge on any atom is 0.108 e. The van der Waals surface area contributed by atoms with Crippen molar-refractivity contribution in [2.75, 3.05) is 6.54 Å². The van der Waals surface area contributed by atoms with Crippen molar-refractivity contribution in [2.45, 2.75) is 13.3 Å². The fourth-order valence-corrected chi connectivity index (χ4v) is 1.48. The van der Waals surface area contributed by atoms with Crippen LogP contribution in [0.2, 0.25) is 0 Å². The van der Waals surface area contributed by atoms with Crippen LogP contribution in [0.25, 0.3) is 11.0 Å². The molecule has 0 unspecified atom stereocenters. The molecule has 13 heavy (non-hydrogen) atoms. The van der Waals surface area contributed by atoms with Gasteiger partial charge in [-0.1, -0.05) is 12.1 Å². The number of para-hydroxylation sites is 1. The lowest BCUT2D eigenvalue weighted by atomic mass is 10.2. The van der Waals surface area contributed by atoms with Crippen LogP contribution in [0.5, 0.6) is 0 Å². The van der Waals surface area contributed by atoms with E-state index in [4.69, 9.17) is 5.73 Å². The third-order valence-electron chi connectivity index (χ3n) is 2.16. The van der Waals surface area contributed by atoms with E-state index < -0.39 is 0 Å². The van der Waals surface area contributed by atoms with Crippen molar-refractivity contribution in [2.24, 2.45) is 5.73 Å². The van der Waals surface area contributed by atoms with Gasteiger partial charge in [0.05, 0.1) is 11.0 Å². The van der Waals surface area contributed by atoms with E-state index in [0.29, 0.717) is 6.54 Å². The first-order valence-corrected chi connectivity index (χ1v) is 4.45. The number of nitrogens with zero attached hydrogens (tertiary/aromatic N) is 1. The van der Waals surface area contributed by atoms with Crippen molar-refractivity contribution in [1.82, 2.24) is 9.97 Å². The van der Waals surface area contributed by atoms with Gasteiger partial charge in [-0.2, -0.15) is 0 Å². The predicted octanol–water partition coefficient (Wildman–Crippen LogP) is 1.37. The van der Waals surface area contributed by atoms with Crippen molar-refractivity contribution in [3.63, 3.8) is 0 Å². The van der Waals surface area contributed by atoms with Crippen molar-refractivity contribution in [3.8, 4) is 0 Å². The molecule has 0 bridgehead atoms. The molecule has 0 amide bonds. The van der Waals surface area contributed by atoms with Gasteiger partial charge < -0.3 is 10.7 Å². The van der Waals surface area contributed by atoms with Crippen LogP contribution < -0.4 is 5.73 Å². The fraction of sp³-hybridized carbons (Fsp3) is 0.300. The van der Waals surface area contributed by atoms with Gasteiger partial charge in [-0.3, -0.25) is 0 Å². The van der Waals surface area contributed by atoms with Crippen molar-refractivity contribution in [1.29, 1.82) is 0 Å². The summed E-state index contributed by atoms with van der Waals surface area (Å²) in [5.41, 5.74) is 8.85. The molecule has 0 fully saturated rings. The largest absolute Gasteiger partial charge is 0.342 e. The van der Waals surface area contributed by atoms with Crippen LogP contribution in [-0.4, -0.2) is 16.5 Å². The smallest absolute Gasteiger partial charge is 0.108 e. The summed E-state index contributed by atoms with van der Waals surface area (Å²) in [6, 6.07) is 6.11. The van der Waals surface area contributed by atoms with Gasteiger partial charge in [0.25, 0.3) is 0 Å². The number of nitrogens with one attached hydrogen (secondary N) is 1. The number of imidazole rings is 1. The third-order valence-corrected chi connectivity index (χ3v) is 2.16. The zero-order chi connectivity index (χ0) is 9.26. The summed E-state index contributed by atoms with van der Waals surface area (Å²) < 4.78 is 0. The minimum atomic E-state index is 0.638. The minimum Gasteiger partial charge on any atom is -0.342 e. The topological polar surface area (TPSA) is 54.7 Å². The van der Waals surface area contributed by atoms with Crippen molar-refractivity contribution in [3.05, 3.63) is 29.6 Å². The Bertz CT molecular complexity index is 417. The summed E-state index contributed by atoms with van der Waals surface area (Å²) in [6.07, 6.45) is 0.814. The number of hydrogen-bond donors (Lipinski definition) is 2. The molecule has 3 N–H and O–H groups in total. The Kier molecular flexibility index (Phi) is 2.02. The number of benzene rings is 1.